The molecule has 1 saturated heterocycles. The van der Waals surface area contributed by atoms with Crippen molar-refractivity contribution in [3.63, 3.8) is 0 Å². The first-order chi connectivity index (χ1) is 9.67. The summed E-state index contributed by atoms with van der Waals surface area (Å²) in [5.41, 5.74) is 7.09. The van der Waals surface area contributed by atoms with Gasteiger partial charge in [-0.1, -0.05) is 0 Å². The number of rotatable bonds is 3. The van der Waals surface area contributed by atoms with Gasteiger partial charge in [-0.15, -0.1) is 11.3 Å². The van der Waals surface area contributed by atoms with Crippen molar-refractivity contribution in [1.82, 2.24) is 9.80 Å². The van der Waals surface area contributed by atoms with Crippen LogP contribution >= 0.6 is 11.3 Å². The Labute approximate surface area is 124 Å². The molecule has 2 aliphatic heterocycles. The van der Waals surface area contributed by atoms with Crippen LogP contribution in [0.25, 0.3) is 0 Å². The van der Waals surface area contributed by atoms with E-state index in [1.807, 2.05) is 16.2 Å². The van der Waals surface area contributed by atoms with E-state index in [9.17, 15) is 4.79 Å². The molecule has 2 N–H and O–H groups in total. The van der Waals surface area contributed by atoms with Gasteiger partial charge in [0.15, 0.2) is 0 Å². The summed E-state index contributed by atoms with van der Waals surface area (Å²) in [4.78, 5) is 18.2. The molecule has 2 atom stereocenters. The summed E-state index contributed by atoms with van der Waals surface area (Å²) in [7, 11) is 0. The van der Waals surface area contributed by atoms with E-state index in [-0.39, 0.29) is 5.91 Å². The number of hydrogen-bond acceptors (Lipinski definition) is 4. The van der Waals surface area contributed by atoms with Crippen LogP contribution < -0.4 is 5.73 Å². The summed E-state index contributed by atoms with van der Waals surface area (Å²) < 4.78 is 0. The quantitative estimate of drug-likeness (QED) is 0.914. The van der Waals surface area contributed by atoms with Gasteiger partial charge in [0.1, 0.15) is 0 Å². The first-order valence-electron chi connectivity index (χ1n) is 7.44. The molecule has 5 heteroatoms. The lowest BCUT2D eigenvalue weighted by molar-refractivity contribution is -0.133. The van der Waals surface area contributed by atoms with Gasteiger partial charge in [-0.25, -0.2) is 0 Å². The molecule has 4 nitrogen and oxygen atoms in total. The van der Waals surface area contributed by atoms with E-state index in [0.717, 1.165) is 39.0 Å². The Morgan fingerprint density at radius 3 is 3.15 bits per heavy atom. The fraction of sp³-hybridized carbons (Fsp3) is 0.667. The first-order valence-corrected chi connectivity index (χ1v) is 8.32. The van der Waals surface area contributed by atoms with Gasteiger partial charge in [0, 0.05) is 30.6 Å². The third-order valence-electron chi connectivity index (χ3n) is 4.62. The van der Waals surface area contributed by atoms with Crippen molar-refractivity contribution in [3.05, 3.63) is 21.9 Å². The number of hydrogen-bond donors (Lipinski definition) is 1. The molecule has 0 aliphatic carbocycles. The van der Waals surface area contributed by atoms with E-state index in [1.54, 1.807) is 0 Å². The highest BCUT2D eigenvalue weighted by atomic mass is 32.1. The molecule has 1 amide bonds. The summed E-state index contributed by atoms with van der Waals surface area (Å²) in [5, 5.41) is 2.13. The highest BCUT2D eigenvalue weighted by Crippen LogP contribution is 2.25. The van der Waals surface area contributed by atoms with Crippen molar-refractivity contribution in [2.24, 2.45) is 11.7 Å². The SMILES string of the molecule is CC1CC(CN)CN1CC(=O)N1CCc2sccc2C1. The van der Waals surface area contributed by atoms with E-state index in [0.29, 0.717) is 18.5 Å². The summed E-state index contributed by atoms with van der Waals surface area (Å²) in [5.74, 6) is 0.828. The van der Waals surface area contributed by atoms with E-state index in [1.165, 1.54) is 10.4 Å². The number of nitrogens with zero attached hydrogens (tertiary/aromatic N) is 2. The van der Waals surface area contributed by atoms with Crippen LogP contribution in [0.4, 0.5) is 0 Å². The molecule has 2 unspecified atom stereocenters. The molecule has 0 spiro atoms. The number of amides is 1. The zero-order valence-corrected chi connectivity index (χ0v) is 12.9. The van der Waals surface area contributed by atoms with Gasteiger partial charge in [0.05, 0.1) is 6.54 Å². The van der Waals surface area contributed by atoms with Crippen LogP contribution in [-0.2, 0) is 17.8 Å². The summed E-state index contributed by atoms with van der Waals surface area (Å²) >= 11 is 1.81. The maximum Gasteiger partial charge on any atom is 0.237 e. The lowest BCUT2D eigenvalue weighted by atomic mass is 10.1. The van der Waals surface area contributed by atoms with Gasteiger partial charge >= 0.3 is 0 Å². The van der Waals surface area contributed by atoms with Gasteiger partial charge in [0.25, 0.3) is 0 Å². The molecule has 3 rings (SSSR count). The third kappa shape index (κ3) is 2.75. The highest BCUT2D eigenvalue weighted by Gasteiger charge is 2.31. The lowest BCUT2D eigenvalue weighted by Gasteiger charge is -2.30. The van der Waals surface area contributed by atoms with Gasteiger partial charge < -0.3 is 10.6 Å². The number of carbonyl (C=O) groups excluding carboxylic acids is 1. The minimum absolute atomic E-state index is 0.270. The number of fused-ring (bicyclic) bond motifs is 1. The average molecular weight is 293 g/mol. The topological polar surface area (TPSA) is 49.6 Å². The van der Waals surface area contributed by atoms with Gasteiger partial charge in [-0.05, 0) is 49.2 Å². The smallest absolute Gasteiger partial charge is 0.237 e. The van der Waals surface area contributed by atoms with Crippen LogP contribution in [0.15, 0.2) is 11.4 Å². The first kappa shape index (κ1) is 14.0. The van der Waals surface area contributed by atoms with Gasteiger partial charge in [0.2, 0.25) is 5.91 Å². The van der Waals surface area contributed by atoms with Crippen LogP contribution in [0.3, 0.4) is 0 Å². The summed E-state index contributed by atoms with van der Waals surface area (Å²) in [6.45, 7) is 6.13. The molecule has 0 saturated carbocycles. The van der Waals surface area contributed by atoms with Crippen LogP contribution in [-0.4, -0.2) is 47.9 Å². The van der Waals surface area contributed by atoms with E-state index in [4.69, 9.17) is 5.73 Å². The minimum Gasteiger partial charge on any atom is -0.337 e. The molecule has 0 radical (unpaired) electrons. The molecule has 20 heavy (non-hydrogen) atoms. The lowest BCUT2D eigenvalue weighted by Crippen LogP contribution is -2.43. The van der Waals surface area contributed by atoms with Gasteiger partial charge in [-0.2, -0.15) is 0 Å². The standard InChI is InChI=1S/C15H23N3OS/c1-11-6-12(7-16)8-18(11)10-15(19)17-4-2-14-13(9-17)3-5-20-14/h3,5,11-12H,2,4,6-10,16H2,1H3. The van der Waals surface area contributed by atoms with E-state index >= 15 is 0 Å². The maximum absolute atomic E-state index is 12.5. The Kier molecular flexibility index (Phi) is 4.10. The molecule has 110 valence electrons. The molecule has 1 fully saturated rings. The van der Waals surface area contributed by atoms with Crippen molar-refractivity contribution in [3.8, 4) is 0 Å². The zero-order valence-electron chi connectivity index (χ0n) is 12.0. The fourth-order valence-electron chi connectivity index (χ4n) is 3.34. The number of thiophene rings is 1. The van der Waals surface area contributed by atoms with E-state index < -0.39 is 0 Å². The number of nitrogens with two attached hydrogens (primary N) is 1. The second-order valence-corrected chi connectivity index (χ2v) is 7.05. The van der Waals surface area contributed by atoms with Crippen LogP contribution in [0.1, 0.15) is 23.8 Å². The Morgan fingerprint density at radius 1 is 1.55 bits per heavy atom. The van der Waals surface area contributed by atoms with E-state index in [2.05, 4.69) is 23.3 Å². The number of carbonyl (C=O) groups is 1. The largest absolute Gasteiger partial charge is 0.337 e. The third-order valence-corrected chi connectivity index (χ3v) is 5.65. The Balaban J connectivity index is 1.58. The number of likely N-dealkylation sites (tertiary alicyclic amines) is 1. The van der Waals surface area contributed by atoms with Crippen LogP contribution in [0.2, 0.25) is 0 Å². The predicted octanol–water partition coefficient (Wildman–Crippen LogP) is 1.30. The summed E-state index contributed by atoms with van der Waals surface area (Å²) in [6.07, 6.45) is 2.14. The molecule has 0 aromatic carbocycles. The average Bonchev–Trinajstić information content (AvgIpc) is 3.04. The van der Waals surface area contributed by atoms with Crippen molar-refractivity contribution >= 4 is 17.2 Å². The van der Waals surface area contributed by atoms with Crippen molar-refractivity contribution in [1.29, 1.82) is 0 Å². The van der Waals surface area contributed by atoms with Crippen LogP contribution in [0, 0.1) is 5.92 Å². The summed E-state index contributed by atoms with van der Waals surface area (Å²) in [6, 6.07) is 2.64. The van der Waals surface area contributed by atoms with Gasteiger partial charge in [-0.3, -0.25) is 9.69 Å². The molecule has 2 aliphatic rings. The predicted molar refractivity (Wildman–Crippen MR) is 81.6 cm³/mol. The minimum atomic E-state index is 0.270. The fourth-order valence-corrected chi connectivity index (χ4v) is 4.23. The molecule has 1 aromatic heterocycles. The van der Waals surface area contributed by atoms with Crippen molar-refractivity contribution in [2.75, 3.05) is 26.2 Å². The maximum atomic E-state index is 12.5. The second-order valence-electron chi connectivity index (χ2n) is 6.05. The molecule has 0 bridgehead atoms. The second kappa shape index (κ2) is 5.84. The monoisotopic (exact) mass is 293 g/mol. The van der Waals surface area contributed by atoms with Crippen molar-refractivity contribution < 1.29 is 4.79 Å². The Morgan fingerprint density at radius 2 is 2.40 bits per heavy atom. The highest BCUT2D eigenvalue weighted by molar-refractivity contribution is 7.10. The zero-order chi connectivity index (χ0) is 14.1. The molecule has 1 aromatic rings. The molecular weight excluding hydrogens is 270 g/mol. The Bertz CT molecular complexity index is 487. The Hall–Kier alpha value is -0.910. The molecular formula is C15H23N3OS. The molecule has 3 heterocycles. The normalized spacial score (nSPS) is 26.8. The van der Waals surface area contributed by atoms with Crippen LogP contribution in [0.5, 0.6) is 0 Å². The van der Waals surface area contributed by atoms with Crippen molar-refractivity contribution in [2.45, 2.75) is 32.4 Å².